The van der Waals surface area contributed by atoms with Gasteiger partial charge in [0.2, 0.25) is 0 Å². The third-order valence-electron chi connectivity index (χ3n) is 2.49. The molecule has 88 valence electrons. The summed E-state index contributed by atoms with van der Waals surface area (Å²) in [5.41, 5.74) is 6.84. The molecule has 16 heavy (non-hydrogen) atoms. The lowest BCUT2D eigenvalue weighted by molar-refractivity contribution is 0.183. The predicted octanol–water partition coefficient (Wildman–Crippen LogP) is 0.837. The van der Waals surface area contributed by atoms with Crippen LogP contribution in [0.2, 0.25) is 0 Å². The van der Waals surface area contributed by atoms with Crippen LogP contribution in [-0.2, 0) is 4.74 Å². The Hall–Kier alpha value is -1.62. The van der Waals surface area contributed by atoms with Crippen molar-refractivity contribution in [1.29, 1.82) is 5.41 Å². The number of amidine groups is 1. The Bertz CT molecular complexity index is 367. The minimum absolute atomic E-state index is 0.0212. The molecule has 1 heterocycles. The molecule has 0 fully saturated rings. The Balaban J connectivity index is 2.98. The van der Waals surface area contributed by atoms with Crippen molar-refractivity contribution in [1.82, 2.24) is 4.98 Å². The van der Waals surface area contributed by atoms with Gasteiger partial charge in [0.25, 0.3) is 0 Å². The van der Waals surface area contributed by atoms with E-state index in [4.69, 9.17) is 15.9 Å². The number of anilines is 1. The second kappa shape index (κ2) is 5.46. The molecule has 5 heteroatoms. The van der Waals surface area contributed by atoms with E-state index < -0.39 is 0 Å². The second-order valence-electron chi connectivity index (χ2n) is 3.70. The average molecular weight is 222 g/mol. The molecule has 1 unspecified atom stereocenters. The summed E-state index contributed by atoms with van der Waals surface area (Å²) in [5, 5.41) is 7.47. The minimum Gasteiger partial charge on any atom is -0.383 e. The molecule has 3 N–H and O–H groups in total. The number of nitrogens with zero attached hydrogens (tertiary/aromatic N) is 2. The van der Waals surface area contributed by atoms with Crippen LogP contribution in [0.1, 0.15) is 12.6 Å². The van der Waals surface area contributed by atoms with E-state index in [9.17, 15) is 0 Å². The van der Waals surface area contributed by atoms with Crippen LogP contribution >= 0.6 is 0 Å². The maximum absolute atomic E-state index is 7.47. The first-order chi connectivity index (χ1) is 7.57. The van der Waals surface area contributed by atoms with Gasteiger partial charge in [0.15, 0.2) is 0 Å². The zero-order valence-electron chi connectivity index (χ0n) is 9.90. The maximum atomic E-state index is 7.47. The Morgan fingerprint density at radius 3 is 2.94 bits per heavy atom. The summed E-state index contributed by atoms with van der Waals surface area (Å²) in [6, 6.07) is 3.93. The number of pyridine rings is 1. The lowest BCUT2D eigenvalue weighted by Gasteiger charge is -2.27. The molecule has 0 saturated heterocycles. The molecular weight excluding hydrogens is 204 g/mol. The van der Waals surface area contributed by atoms with Gasteiger partial charge in [-0.2, -0.15) is 0 Å². The predicted molar refractivity (Wildman–Crippen MR) is 65.0 cm³/mol. The molecule has 1 rings (SSSR count). The van der Waals surface area contributed by atoms with E-state index in [1.165, 1.54) is 0 Å². The number of nitrogen functional groups attached to an aromatic ring is 1. The first-order valence-corrected chi connectivity index (χ1v) is 5.09. The van der Waals surface area contributed by atoms with Crippen LogP contribution in [0.15, 0.2) is 18.3 Å². The molecule has 0 amide bonds. The number of methoxy groups -OCH3 is 1. The van der Waals surface area contributed by atoms with E-state index in [-0.39, 0.29) is 11.9 Å². The molecule has 1 aromatic heterocycles. The lowest BCUT2D eigenvalue weighted by atomic mass is 10.2. The van der Waals surface area contributed by atoms with Gasteiger partial charge in [-0.05, 0) is 19.1 Å². The van der Waals surface area contributed by atoms with E-state index in [2.05, 4.69) is 4.98 Å². The monoisotopic (exact) mass is 222 g/mol. The van der Waals surface area contributed by atoms with Gasteiger partial charge in [-0.3, -0.25) is 10.4 Å². The first kappa shape index (κ1) is 12.4. The molecule has 0 aliphatic carbocycles. The highest BCUT2D eigenvalue weighted by atomic mass is 16.5. The van der Waals surface area contributed by atoms with Gasteiger partial charge in [-0.25, -0.2) is 0 Å². The third-order valence-corrected chi connectivity index (χ3v) is 2.49. The second-order valence-corrected chi connectivity index (χ2v) is 3.70. The fourth-order valence-corrected chi connectivity index (χ4v) is 1.48. The van der Waals surface area contributed by atoms with Crippen LogP contribution in [0, 0.1) is 5.41 Å². The number of hydrogen-bond acceptors (Lipinski definition) is 4. The maximum Gasteiger partial charge on any atom is 0.143 e. The van der Waals surface area contributed by atoms with Crippen LogP contribution in [0.25, 0.3) is 0 Å². The summed E-state index contributed by atoms with van der Waals surface area (Å²) >= 11 is 0. The molecule has 1 aromatic rings. The Morgan fingerprint density at radius 2 is 2.38 bits per heavy atom. The summed E-state index contributed by atoms with van der Waals surface area (Å²) in [6.07, 6.45) is 1.63. The Labute approximate surface area is 95.7 Å². The van der Waals surface area contributed by atoms with Crippen LogP contribution in [-0.4, -0.2) is 37.6 Å². The summed E-state index contributed by atoms with van der Waals surface area (Å²) in [7, 11) is 3.60. The van der Waals surface area contributed by atoms with Gasteiger partial charge in [0, 0.05) is 26.4 Å². The van der Waals surface area contributed by atoms with Gasteiger partial charge in [-0.15, -0.1) is 0 Å². The topological polar surface area (TPSA) is 75.2 Å². The summed E-state index contributed by atoms with van der Waals surface area (Å²) in [4.78, 5) is 6.12. The van der Waals surface area contributed by atoms with E-state index in [0.29, 0.717) is 12.3 Å². The third kappa shape index (κ3) is 2.70. The summed E-state index contributed by atoms with van der Waals surface area (Å²) in [6.45, 7) is 2.66. The smallest absolute Gasteiger partial charge is 0.143 e. The fourth-order valence-electron chi connectivity index (χ4n) is 1.48. The number of ether oxygens (including phenoxy) is 1. The largest absolute Gasteiger partial charge is 0.383 e. The Morgan fingerprint density at radius 1 is 1.69 bits per heavy atom. The van der Waals surface area contributed by atoms with Crippen molar-refractivity contribution in [2.45, 2.75) is 13.0 Å². The molecular formula is C11H18N4O. The van der Waals surface area contributed by atoms with E-state index in [1.54, 1.807) is 13.3 Å². The van der Waals surface area contributed by atoms with Gasteiger partial charge < -0.3 is 15.4 Å². The lowest BCUT2D eigenvalue weighted by Crippen LogP contribution is -2.34. The minimum atomic E-state index is -0.0212. The fraction of sp³-hybridized carbons (Fsp3) is 0.455. The van der Waals surface area contributed by atoms with Crippen LogP contribution in [0.5, 0.6) is 0 Å². The SMILES string of the molecule is COCC(C)N(C)c1cccnc1C(=N)N. The van der Waals surface area contributed by atoms with Crippen molar-refractivity contribution in [2.24, 2.45) is 5.73 Å². The summed E-state index contributed by atoms with van der Waals surface area (Å²) in [5.74, 6) is -0.0212. The first-order valence-electron chi connectivity index (χ1n) is 5.09. The van der Waals surface area contributed by atoms with Crippen molar-refractivity contribution in [3.8, 4) is 0 Å². The van der Waals surface area contributed by atoms with Gasteiger partial charge in [0.1, 0.15) is 11.5 Å². The van der Waals surface area contributed by atoms with Crippen molar-refractivity contribution in [2.75, 3.05) is 25.7 Å². The zero-order valence-corrected chi connectivity index (χ0v) is 9.90. The number of nitrogens with one attached hydrogen (secondary N) is 1. The molecule has 1 atom stereocenters. The average Bonchev–Trinajstić information content (AvgIpc) is 2.28. The standard InChI is InChI=1S/C11H18N4O/c1-8(7-16-3)15(2)9-5-4-6-14-10(9)11(12)13/h4-6,8H,7H2,1-3H3,(H3,12,13). The van der Waals surface area contributed by atoms with E-state index >= 15 is 0 Å². The molecule has 0 radical (unpaired) electrons. The number of nitrogens with two attached hydrogens (primary N) is 1. The highest BCUT2D eigenvalue weighted by molar-refractivity contribution is 5.98. The molecule has 5 nitrogen and oxygen atoms in total. The van der Waals surface area contributed by atoms with Gasteiger partial charge in [0.05, 0.1) is 12.3 Å². The molecule has 0 saturated carbocycles. The highest BCUT2D eigenvalue weighted by Crippen LogP contribution is 2.18. The van der Waals surface area contributed by atoms with Crippen molar-refractivity contribution in [3.63, 3.8) is 0 Å². The number of rotatable bonds is 5. The van der Waals surface area contributed by atoms with Crippen LogP contribution in [0.4, 0.5) is 5.69 Å². The van der Waals surface area contributed by atoms with E-state index in [1.807, 2.05) is 31.0 Å². The van der Waals surface area contributed by atoms with Crippen molar-refractivity contribution >= 4 is 11.5 Å². The molecule has 0 spiro atoms. The summed E-state index contributed by atoms with van der Waals surface area (Å²) < 4.78 is 5.10. The molecule has 0 aromatic carbocycles. The van der Waals surface area contributed by atoms with E-state index in [0.717, 1.165) is 5.69 Å². The van der Waals surface area contributed by atoms with Crippen molar-refractivity contribution in [3.05, 3.63) is 24.0 Å². The number of likely N-dealkylation sites (N-methyl/N-ethyl adjacent to an activating group) is 1. The quantitative estimate of drug-likeness (QED) is 0.571. The number of hydrogen-bond donors (Lipinski definition) is 2. The van der Waals surface area contributed by atoms with Crippen molar-refractivity contribution < 1.29 is 4.74 Å². The Kier molecular flexibility index (Phi) is 4.25. The van der Waals surface area contributed by atoms with Gasteiger partial charge >= 0.3 is 0 Å². The molecule has 0 bridgehead atoms. The van der Waals surface area contributed by atoms with Crippen LogP contribution in [0.3, 0.4) is 0 Å². The highest BCUT2D eigenvalue weighted by Gasteiger charge is 2.15. The van der Waals surface area contributed by atoms with Crippen LogP contribution < -0.4 is 10.6 Å². The molecule has 0 aliphatic rings. The van der Waals surface area contributed by atoms with Gasteiger partial charge in [-0.1, -0.05) is 0 Å². The number of aromatic nitrogens is 1. The molecule has 0 aliphatic heterocycles. The normalized spacial score (nSPS) is 12.2. The zero-order chi connectivity index (χ0) is 12.1.